The summed E-state index contributed by atoms with van der Waals surface area (Å²) in [7, 11) is 0. The number of rotatable bonds is 4. The van der Waals surface area contributed by atoms with Gasteiger partial charge in [0.2, 0.25) is 5.91 Å². The van der Waals surface area contributed by atoms with Gasteiger partial charge in [-0.15, -0.1) is 0 Å². The summed E-state index contributed by atoms with van der Waals surface area (Å²) in [6.07, 6.45) is 9.51. The predicted octanol–water partition coefficient (Wildman–Crippen LogP) is 2.75. The smallest absolute Gasteiger partial charge is 0.317 e. The number of nitrogens with zero attached hydrogens (tertiary/aromatic N) is 2. The van der Waals surface area contributed by atoms with Gasteiger partial charge in [0.05, 0.1) is 0 Å². The van der Waals surface area contributed by atoms with E-state index in [4.69, 9.17) is 0 Å². The van der Waals surface area contributed by atoms with Gasteiger partial charge < -0.3 is 15.1 Å². The Morgan fingerprint density at radius 1 is 0.955 bits per heavy atom. The van der Waals surface area contributed by atoms with E-state index in [1.54, 1.807) is 0 Å². The van der Waals surface area contributed by atoms with Crippen molar-refractivity contribution in [2.75, 3.05) is 26.2 Å². The van der Waals surface area contributed by atoms with Crippen LogP contribution in [0.1, 0.15) is 64.7 Å². The van der Waals surface area contributed by atoms with Crippen LogP contribution in [0, 0.1) is 0 Å². The quantitative estimate of drug-likeness (QED) is 0.868. The first-order valence-corrected chi connectivity index (χ1v) is 9.04. The van der Waals surface area contributed by atoms with Crippen molar-refractivity contribution < 1.29 is 9.59 Å². The zero-order chi connectivity index (χ0) is 15.8. The predicted molar refractivity (Wildman–Crippen MR) is 87.7 cm³/mol. The van der Waals surface area contributed by atoms with Gasteiger partial charge in [0.1, 0.15) is 0 Å². The molecule has 0 unspecified atom stereocenters. The third-order valence-electron chi connectivity index (χ3n) is 4.81. The fourth-order valence-corrected chi connectivity index (χ4v) is 3.37. The van der Waals surface area contributed by atoms with Gasteiger partial charge >= 0.3 is 6.03 Å². The van der Waals surface area contributed by atoms with Crippen molar-refractivity contribution in [3.63, 3.8) is 0 Å². The molecule has 22 heavy (non-hydrogen) atoms. The molecule has 1 N–H and O–H groups in total. The summed E-state index contributed by atoms with van der Waals surface area (Å²) in [4.78, 5) is 28.3. The molecule has 126 valence electrons. The van der Waals surface area contributed by atoms with Crippen LogP contribution in [0.4, 0.5) is 4.79 Å². The molecule has 2 fully saturated rings. The number of carbonyl (C=O) groups is 2. The molecule has 2 aliphatic rings. The molecule has 1 saturated heterocycles. The average molecular weight is 309 g/mol. The lowest BCUT2D eigenvalue weighted by molar-refractivity contribution is -0.131. The maximum Gasteiger partial charge on any atom is 0.317 e. The zero-order valence-corrected chi connectivity index (χ0v) is 14.0. The van der Waals surface area contributed by atoms with E-state index in [1.165, 1.54) is 19.3 Å². The van der Waals surface area contributed by atoms with Crippen LogP contribution >= 0.6 is 0 Å². The highest BCUT2D eigenvalue weighted by Crippen LogP contribution is 2.17. The monoisotopic (exact) mass is 309 g/mol. The van der Waals surface area contributed by atoms with Crippen LogP contribution in [-0.2, 0) is 4.79 Å². The Hall–Kier alpha value is -1.26. The third kappa shape index (κ3) is 5.18. The molecule has 5 nitrogen and oxygen atoms in total. The number of unbranched alkanes of at least 4 members (excludes halogenated alkanes) is 1. The lowest BCUT2D eigenvalue weighted by atomic mass is 9.96. The summed E-state index contributed by atoms with van der Waals surface area (Å²) in [5, 5.41) is 3.18. The number of hydrogen-bond donors (Lipinski definition) is 1. The molecular formula is C17H31N3O2. The van der Waals surface area contributed by atoms with E-state index in [0.717, 1.165) is 45.2 Å². The van der Waals surface area contributed by atoms with Gasteiger partial charge in [-0.1, -0.05) is 32.6 Å². The van der Waals surface area contributed by atoms with Crippen LogP contribution < -0.4 is 5.32 Å². The number of amides is 3. The van der Waals surface area contributed by atoms with Crippen LogP contribution in [0.3, 0.4) is 0 Å². The summed E-state index contributed by atoms with van der Waals surface area (Å²) >= 11 is 0. The Morgan fingerprint density at radius 2 is 1.64 bits per heavy atom. The Bertz CT molecular complexity index is 367. The highest BCUT2D eigenvalue weighted by Gasteiger charge is 2.23. The maximum absolute atomic E-state index is 12.4. The Morgan fingerprint density at radius 3 is 2.36 bits per heavy atom. The molecule has 1 aliphatic carbocycles. The number of urea groups is 1. The molecule has 0 spiro atoms. The molecule has 0 aromatic carbocycles. The van der Waals surface area contributed by atoms with Crippen molar-refractivity contribution >= 4 is 11.9 Å². The van der Waals surface area contributed by atoms with E-state index >= 15 is 0 Å². The highest BCUT2D eigenvalue weighted by molar-refractivity contribution is 5.77. The molecule has 1 aliphatic heterocycles. The Balaban J connectivity index is 1.76. The molecule has 1 heterocycles. The molecule has 1 saturated carbocycles. The van der Waals surface area contributed by atoms with E-state index in [0.29, 0.717) is 25.6 Å². The molecule has 2 rings (SSSR count). The molecule has 3 amide bonds. The first kappa shape index (κ1) is 17.1. The summed E-state index contributed by atoms with van der Waals surface area (Å²) < 4.78 is 0. The lowest BCUT2D eigenvalue weighted by Crippen LogP contribution is -2.46. The van der Waals surface area contributed by atoms with Gasteiger partial charge in [-0.3, -0.25) is 4.79 Å². The number of hydrogen-bond acceptors (Lipinski definition) is 2. The van der Waals surface area contributed by atoms with Crippen LogP contribution in [0.5, 0.6) is 0 Å². The van der Waals surface area contributed by atoms with Crippen molar-refractivity contribution in [3.8, 4) is 0 Å². The van der Waals surface area contributed by atoms with Gasteiger partial charge in [0.15, 0.2) is 0 Å². The fraction of sp³-hybridized carbons (Fsp3) is 0.882. The highest BCUT2D eigenvalue weighted by atomic mass is 16.2. The SMILES string of the molecule is CCCCC(=O)N1CCCN(C(=O)NC2CCCCC2)CC1. The van der Waals surface area contributed by atoms with Crippen molar-refractivity contribution in [2.24, 2.45) is 0 Å². The van der Waals surface area contributed by atoms with E-state index in [1.807, 2.05) is 9.80 Å². The number of nitrogens with one attached hydrogen (secondary N) is 1. The number of carbonyl (C=O) groups excluding carboxylic acids is 2. The maximum atomic E-state index is 12.4. The van der Waals surface area contributed by atoms with Crippen molar-refractivity contribution in [2.45, 2.75) is 70.8 Å². The van der Waals surface area contributed by atoms with Crippen molar-refractivity contribution in [1.29, 1.82) is 0 Å². The molecule has 0 atom stereocenters. The van der Waals surface area contributed by atoms with Gasteiger partial charge in [0, 0.05) is 38.6 Å². The average Bonchev–Trinajstić information content (AvgIpc) is 2.79. The minimum atomic E-state index is 0.0646. The largest absolute Gasteiger partial charge is 0.341 e. The Kier molecular flexibility index (Phi) is 7.00. The van der Waals surface area contributed by atoms with Gasteiger partial charge in [-0.2, -0.15) is 0 Å². The van der Waals surface area contributed by atoms with Crippen LogP contribution in [0.25, 0.3) is 0 Å². The summed E-state index contributed by atoms with van der Waals surface area (Å²) in [5.41, 5.74) is 0. The van der Waals surface area contributed by atoms with Gasteiger partial charge in [-0.05, 0) is 25.7 Å². The van der Waals surface area contributed by atoms with Crippen LogP contribution in [0.15, 0.2) is 0 Å². The van der Waals surface area contributed by atoms with Gasteiger partial charge in [-0.25, -0.2) is 4.79 Å². The van der Waals surface area contributed by atoms with Crippen LogP contribution in [-0.4, -0.2) is 54.0 Å². The molecule has 0 bridgehead atoms. The Labute approximate surface area is 134 Å². The first-order valence-electron chi connectivity index (χ1n) is 9.04. The fourth-order valence-electron chi connectivity index (χ4n) is 3.37. The van der Waals surface area contributed by atoms with Gasteiger partial charge in [0.25, 0.3) is 0 Å². The second kappa shape index (κ2) is 9.01. The molecule has 5 heteroatoms. The minimum Gasteiger partial charge on any atom is -0.341 e. The minimum absolute atomic E-state index is 0.0646. The summed E-state index contributed by atoms with van der Waals surface area (Å²) in [6.45, 7) is 5.00. The van der Waals surface area contributed by atoms with Crippen molar-refractivity contribution in [3.05, 3.63) is 0 Å². The van der Waals surface area contributed by atoms with Crippen LogP contribution in [0.2, 0.25) is 0 Å². The third-order valence-corrected chi connectivity index (χ3v) is 4.81. The topological polar surface area (TPSA) is 52.7 Å². The first-order chi connectivity index (χ1) is 10.7. The standard InChI is InChI=1S/C17H31N3O2/c1-2-3-10-16(21)19-11-7-12-20(14-13-19)17(22)18-15-8-5-4-6-9-15/h15H,2-14H2,1H3,(H,18,22). The second-order valence-electron chi connectivity index (χ2n) is 6.61. The summed E-state index contributed by atoms with van der Waals surface area (Å²) in [6, 6.07) is 0.418. The van der Waals surface area contributed by atoms with E-state index < -0.39 is 0 Å². The second-order valence-corrected chi connectivity index (χ2v) is 6.61. The van der Waals surface area contributed by atoms with Crippen molar-refractivity contribution in [1.82, 2.24) is 15.1 Å². The molecule has 0 radical (unpaired) electrons. The molecule has 0 aromatic rings. The lowest BCUT2D eigenvalue weighted by Gasteiger charge is -2.27. The summed E-state index contributed by atoms with van der Waals surface area (Å²) in [5.74, 6) is 0.247. The van der Waals surface area contributed by atoms with E-state index in [9.17, 15) is 9.59 Å². The van der Waals surface area contributed by atoms with E-state index in [-0.39, 0.29) is 11.9 Å². The normalized spacial score (nSPS) is 20.6. The molecule has 0 aromatic heterocycles. The molecular weight excluding hydrogens is 278 g/mol. The van der Waals surface area contributed by atoms with E-state index in [2.05, 4.69) is 12.2 Å². The zero-order valence-electron chi connectivity index (χ0n) is 14.0.